The van der Waals surface area contributed by atoms with Gasteiger partial charge in [-0.1, -0.05) is 58.2 Å². The van der Waals surface area contributed by atoms with Gasteiger partial charge in [0.25, 0.3) is 0 Å². The normalized spacial score (nSPS) is 13.2. The molecule has 0 heterocycles. The summed E-state index contributed by atoms with van der Waals surface area (Å²) in [4.78, 5) is 0. The van der Waals surface area contributed by atoms with E-state index in [2.05, 4.69) is 12.8 Å². The van der Waals surface area contributed by atoms with Gasteiger partial charge < -0.3 is 0 Å². The molecule has 0 aromatic carbocycles. The zero-order chi connectivity index (χ0) is 11.6. The maximum absolute atomic E-state index is 7.78. The SMILES string of the molecule is [2H]C([2H])(CCCC)CCCCCCC#C. The van der Waals surface area contributed by atoms with Crippen LogP contribution in [0.4, 0.5) is 0 Å². The van der Waals surface area contributed by atoms with Gasteiger partial charge in [0.05, 0.1) is 0 Å². The number of terminal acetylenes is 1. The van der Waals surface area contributed by atoms with Crippen molar-refractivity contribution in [2.75, 3.05) is 0 Å². The van der Waals surface area contributed by atoms with Gasteiger partial charge in [-0.3, -0.25) is 0 Å². The maximum atomic E-state index is 7.78. The molecule has 0 atom stereocenters. The quantitative estimate of drug-likeness (QED) is 0.363. The van der Waals surface area contributed by atoms with Crippen molar-refractivity contribution in [3.63, 3.8) is 0 Å². The standard InChI is InChI=1S/C13H24/c1-3-5-7-9-11-13-12-10-8-6-4-2/h1H,4-13H2,2H3/i10D2. The fraction of sp³-hybridized carbons (Fsp3) is 0.846. The van der Waals surface area contributed by atoms with Gasteiger partial charge in [0.2, 0.25) is 0 Å². The molecule has 0 bridgehead atoms. The van der Waals surface area contributed by atoms with Crippen molar-refractivity contribution < 1.29 is 2.74 Å². The second-order valence-corrected chi connectivity index (χ2v) is 3.47. The molecule has 0 rings (SSSR count). The molecule has 0 amide bonds. The third kappa shape index (κ3) is 11.6. The predicted molar refractivity (Wildman–Crippen MR) is 60.7 cm³/mol. The molecule has 0 fully saturated rings. The molecule has 76 valence electrons. The lowest BCUT2D eigenvalue weighted by atomic mass is 10.1. The summed E-state index contributed by atoms with van der Waals surface area (Å²) >= 11 is 0. The molecule has 0 unspecified atom stereocenters. The molecule has 0 nitrogen and oxygen atoms in total. The Labute approximate surface area is 86.9 Å². The minimum Gasteiger partial charge on any atom is -0.120 e. The highest BCUT2D eigenvalue weighted by molar-refractivity contribution is 4.82. The second kappa shape index (κ2) is 11.6. The molecule has 0 aromatic heterocycles. The number of unbranched alkanes of at least 4 members (excludes halogenated alkanes) is 5. The van der Waals surface area contributed by atoms with Crippen LogP contribution in [0.1, 0.15) is 73.8 Å². The summed E-state index contributed by atoms with van der Waals surface area (Å²) < 4.78 is 15.6. The Morgan fingerprint density at radius 3 is 2.31 bits per heavy atom. The van der Waals surface area contributed by atoms with E-state index in [1.54, 1.807) is 0 Å². The van der Waals surface area contributed by atoms with Crippen LogP contribution < -0.4 is 0 Å². The molecule has 0 N–H and O–H groups in total. The first-order valence-corrected chi connectivity index (χ1v) is 5.56. The fourth-order valence-electron chi connectivity index (χ4n) is 1.26. The van der Waals surface area contributed by atoms with Crippen LogP contribution in [0.2, 0.25) is 0 Å². The van der Waals surface area contributed by atoms with E-state index in [0.29, 0.717) is 12.8 Å². The number of rotatable bonds is 9. The molecule has 0 spiro atoms. The highest BCUT2D eigenvalue weighted by Crippen LogP contribution is 2.09. The van der Waals surface area contributed by atoms with Crippen molar-refractivity contribution in [1.82, 2.24) is 0 Å². The Hall–Kier alpha value is -0.440. The Balaban J connectivity index is 3.36. The number of hydrogen-bond acceptors (Lipinski definition) is 0. The summed E-state index contributed by atoms with van der Waals surface area (Å²) in [5, 5.41) is 0. The minimum absolute atomic E-state index is 0.711. The van der Waals surface area contributed by atoms with Gasteiger partial charge in [0, 0.05) is 9.16 Å². The first-order chi connectivity index (χ1) is 7.12. The molecule has 0 heteroatoms. The molecular formula is C13H24. The van der Waals surface area contributed by atoms with Crippen LogP contribution in [0.15, 0.2) is 0 Å². The molecular weight excluding hydrogens is 156 g/mol. The van der Waals surface area contributed by atoms with Crippen LogP contribution in [0.3, 0.4) is 0 Å². The van der Waals surface area contributed by atoms with Crippen molar-refractivity contribution >= 4 is 0 Å². The van der Waals surface area contributed by atoms with E-state index in [-0.39, 0.29) is 0 Å². The van der Waals surface area contributed by atoms with E-state index in [1.807, 2.05) is 0 Å². The van der Waals surface area contributed by atoms with Gasteiger partial charge in [-0.05, 0) is 6.42 Å². The first-order valence-electron chi connectivity index (χ1n) is 6.56. The van der Waals surface area contributed by atoms with E-state index in [9.17, 15) is 0 Å². The monoisotopic (exact) mass is 182 g/mol. The van der Waals surface area contributed by atoms with Crippen molar-refractivity contribution in [1.29, 1.82) is 0 Å². The van der Waals surface area contributed by atoms with Crippen LogP contribution in [-0.4, -0.2) is 0 Å². The summed E-state index contributed by atoms with van der Waals surface area (Å²) in [5.74, 6) is 2.63. The summed E-state index contributed by atoms with van der Waals surface area (Å²) in [5.41, 5.74) is 0. The molecule has 0 saturated carbocycles. The maximum Gasteiger partial charge on any atom is 0.0267 e. The molecule has 0 aliphatic rings. The van der Waals surface area contributed by atoms with Crippen molar-refractivity contribution in [2.45, 2.75) is 71.1 Å². The predicted octanol–water partition coefficient (Wildman–Crippen LogP) is 4.54. The smallest absolute Gasteiger partial charge is 0.0267 e. The lowest BCUT2D eigenvalue weighted by Crippen LogP contribution is -1.80. The van der Waals surface area contributed by atoms with Crippen LogP contribution in [-0.2, 0) is 0 Å². The van der Waals surface area contributed by atoms with Gasteiger partial charge in [-0.25, -0.2) is 0 Å². The van der Waals surface area contributed by atoms with Crippen molar-refractivity contribution in [3.05, 3.63) is 0 Å². The van der Waals surface area contributed by atoms with Crippen LogP contribution in [0.5, 0.6) is 0 Å². The molecule has 0 aromatic rings. The Morgan fingerprint density at radius 1 is 1.00 bits per heavy atom. The highest BCUT2D eigenvalue weighted by atomic mass is 14.0. The van der Waals surface area contributed by atoms with E-state index in [4.69, 9.17) is 9.16 Å². The number of hydrogen-bond donors (Lipinski definition) is 0. The van der Waals surface area contributed by atoms with Crippen LogP contribution in [0.25, 0.3) is 0 Å². The van der Waals surface area contributed by atoms with Gasteiger partial charge in [0.15, 0.2) is 0 Å². The summed E-state index contributed by atoms with van der Waals surface area (Å²) in [6.45, 7) is 2.11. The van der Waals surface area contributed by atoms with Crippen LogP contribution in [0, 0.1) is 12.3 Å². The van der Waals surface area contributed by atoms with Crippen LogP contribution >= 0.6 is 0 Å². The third-order valence-electron chi connectivity index (χ3n) is 2.13. The Morgan fingerprint density at radius 2 is 1.62 bits per heavy atom. The molecule has 0 saturated heterocycles. The average Bonchev–Trinajstić information content (AvgIpc) is 2.20. The minimum atomic E-state index is -0.942. The highest BCUT2D eigenvalue weighted by Gasteiger charge is 1.90. The van der Waals surface area contributed by atoms with E-state index < -0.39 is 6.37 Å². The van der Waals surface area contributed by atoms with Crippen molar-refractivity contribution in [2.24, 2.45) is 0 Å². The Kier molecular flexibility index (Phi) is 8.12. The van der Waals surface area contributed by atoms with Gasteiger partial charge >= 0.3 is 0 Å². The van der Waals surface area contributed by atoms with Gasteiger partial charge in [-0.15, -0.1) is 12.3 Å². The van der Waals surface area contributed by atoms with Crippen molar-refractivity contribution in [3.8, 4) is 12.3 Å². The largest absolute Gasteiger partial charge is 0.120 e. The lowest BCUT2D eigenvalue weighted by molar-refractivity contribution is 0.567. The fourth-order valence-corrected chi connectivity index (χ4v) is 1.26. The summed E-state index contributed by atoms with van der Waals surface area (Å²) in [7, 11) is 0. The molecule has 13 heavy (non-hydrogen) atoms. The molecule has 0 radical (unpaired) electrons. The average molecular weight is 182 g/mol. The van der Waals surface area contributed by atoms with E-state index >= 15 is 0 Å². The van der Waals surface area contributed by atoms with E-state index in [1.165, 1.54) is 0 Å². The zero-order valence-electron chi connectivity index (χ0n) is 10.9. The molecule has 0 aliphatic heterocycles. The van der Waals surface area contributed by atoms with Gasteiger partial charge in [0.1, 0.15) is 0 Å². The summed E-state index contributed by atoms with van der Waals surface area (Å²) in [6, 6.07) is 0. The lowest BCUT2D eigenvalue weighted by Gasteiger charge is -1.99. The first kappa shape index (κ1) is 9.13. The Bertz CT molecular complexity index is 179. The van der Waals surface area contributed by atoms with E-state index in [0.717, 1.165) is 44.9 Å². The summed E-state index contributed by atoms with van der Waals surface area (Å²) in [6.07, 6.45) is 13.0. The third-order valence-corrected chi connectivity index (χ3v) is 2.13. The molecule has 0 aliphatic carbocycles. The topological polar surface area (TPSA) is 0 Å². The zero-order valence-corrected chi connectivity index (χ0v) is 8.94. The van der Waals surface area contributed by atoms with Gasteiger partial charge in [-0.2, -0.15) is 0 Å². The second-order valence-electron chi connectivity index (χ2n) is 3.47.